The number of aryl methyl sites for hydroxylation is 7. The van der Waals surface area contributed by atoms with Gasteiger partial charge in [-0.25, -0.2) is 4.79 Å². The number of aliphatic hydroxyl groups excluding tert-OH is 2. The van der Waals surface area contributed by atoms with E-state index in [4.69, 9.17) is 10.5 Å². The summed E-state index contributed by atoms with van der Waals surface area (Å²) in [6, 6.07) is 58.1. The summed E-state index contributed by atoms with van der Waals surface area (Å²) >= 11 is 0. The second kappa shape index (κ2) is 38.5. The standard InChI is InChI=1S/C20H23NO2.C13H18O.C13H16O.C13H18O.C13H16O.C12H17N.C12H16/c1-14(2)17-9-8-16-10-11-19(18(16)12-17)21-20(22)23-13-15-6-4-3-5-7-15;2*1-9(2)10-6-7-12-11(8-10)4-3-5-13(12)14;2*1-9(2)11-7-6-10-4-3-5-13(14)12(10)8-11;1-8(2)10-4-3-9-5-6-12(13)11(9)7-10;1-9(2)11-8-7-10-5-3-4-6-12(10)11/h3-9,12,14,19H,10-11,13H2,1-2H3,(H,21,22);6-9,13-14H,3-5H2,1-2H3;6-9H,3-5H2,1-2H3;6-9,13-14H,3-5H2,1-2H3;6-9H,3-5H2,1-2H3;3-4,7-8,12H,5-6,13H2,1-2H3;3-6,9,11H,7-8H2,1-2H3. The third-order valence-corrected chi connectivity index (χ3v) is 22.5. The predicted octanol–water partition coefficient (Wildman–Crippen LogP) is 23.9. The number of amides is 1. The number of rotatable bonds is 10. The monoisotopic (exact) mass is 1400 g/mol. The van der Waals surface area contributed by atoms with E-state index in [1.54, 1.807) is 11.1 Å². The molecule has 0 aromatic heterocycles. The van der Waals surface area contributed by atoms with Crippen LogP contribution in [0.25, 0.3) is 0 Å². The van der Waals surface area contributed by atoms with Crippen LogP contribution < -0.4 is 11.1 Å². The van der Waals surface area contributed by atoms with Crippen molar-refractivity contribution in [3.8, 4) is 0 Å². The average molecular weight is 1400 g/mol. The van der Waals surface area contributed by atoms with E-state index in [1.165, 1.54) is 96.3 Å². The van der Waals surface area contributed by atoms with Crippen molar-refractivity contribution >= 4 is 17.7 Å². The molecule has 5 atom stereocenters. The summed E-state index contributed by atoms with van der Waals surface area (Å²) in [4.78, 5) is 35.3. The Kier molecular flexibility index (Phi) is 29.7. The highest BCUT2D eigenvalue weighted by molar-refractivity contribution is 5.99. The number of carbonyl (C=O) groups is 3. The molecule has 1 amide bonds. The molecule has 8 aromatic carbocycles. The van der Waals surface area contributed by atoms with E-state index in [0.717, 1.165) is 137 Å². The Morgan fingerprint density at radius 3 is 1.42 bits per heavy atom. The van der Waals surface area contributed by atoms with Crippen LogP contribution in [-0.2, 0) is 56.3 Å². The second-order valence-electron chi connectivity index (χ2n) is 32.5. The van der Waals surface area contributed by atoms with Gasteiger partial charge >= 0.3 is 6.09 Å². The highest BCUT2D eigenvalue weighted by atomic mass is 16.5. The fourth-order valence-corrected chi connectivity index (χ4v) is 15.7. The number of benzene rings is 8. The summed E-state index contributed by atoms with van der Waals surface area (Å²) in [7, 11) is 0. The van der Waals surface area contributed by atoms with Crippen molar-refractivity contribution in [2.45, 2.75) is 285 Å². The minimum Gasteiger partial charge on any atom is -0.445 e. The third kappa shape index (κ3) is 21.9. The summed E-state index contributed by atoms with van der Waals surface area (Å²) in [6.07, 6.45) is 18.1. The van der Waals surface area contributed by atoms with Gasteiger partial charge in [-0.3, -0.25) is 9.59 Å². The number of fused-ring (bicyclic) bond motifs is 7. The normalized spacial score (nSPS) is 18.6. The number of ketones is 2. The van der Waals surface area contributed by atoms with Gasteiger partial charge in [-0.1, -0.05) is 255 Å². The fraction of sp³-hybridized carbons (Fsp3) is 0.469. The zero-order chi connectivity index (χ0) is 74.7. The van der Waals surface area contributed by atoms with Gasteiger partial charge in [-0.05, 0) is 262 Å². The van der Waals surface area contributed by atoms with Crippen molar-refractivity contribution in [2.75, 3.05) is 0 Å². The predicted molar refractivity (Wildman–Crippen MR) is 432 cm³/mol. The van der Waals surface area contributed by atoms with Crippen LogP contribution >= 0.6 is 0 Å². The first-order chi connectivity index (χ1) is 49.8. The Labute approximate surface area is 625 Å². The smallest absolute Gasteiger partial charge is 0.407 e. The first-order valence-corrected chi connectivity index (χ1v) is 39.8. The molecule has 0 fully saturated rings. The minimum atomic E-state index is -0.346. The Hall–Kier alpha value is -7.75. The Morgan fingerprint density at radius 1 is 0.385 bits per heavy atom. The first kappa shape index (κ1) is 80.3. The maximum atomic E-state index is 12.1. The molecule has 5 unspecified atom stereocenters. The SMILES string of the molecule is CC(C)C1CCc2ccccc21.CC(C)c1ccc2c(c1)C(=O)CCC2.CC(C)c1ccc2c(c1)C(N)CC2.CC(C)c1ccc2c(c1)C(NC(=O)OCc1ccccc1)CC2.CC(C)c1ccc2c(c1)C(O)CCC2.CC(C)c1ccc2c(c1)CCCC2=O.CC(C)c1ccc2c(c1)CCCC2O. The number of aliphatic hydroxyl groups is 2. The average Bonchev–Trinajstić information content (AvgIpc) is 0.973. The van der Waals surface area contributed by atoms with Crippen molar-refractivity contribution < 1.29 is 29.3 Å². The molecule has 104 heavy (non-hydrogen) atoms. The Morgan fingerprint density at radius 2 is 0.817 bits per heavy atom. The van der Waals surface area contributed by atoms with E-state index in [9.17, 15) is 24.6 Å². The van der Waals surface area contributed by atoms with Gasteiger partial charge in [0.2, 0.25) is 0 Å². The lowest BCUT2D eigenvalue weighted by atomic mass is 9.86. The maximum absolute atomic E-state index is 12.1. The zero-order valence-electron chi connectivity index (χ0n) is 65.6. The molecule has 0 aliphatic heterocycles. The molecule has 0 saturated heterocycles. The maximum Gasteiger partial charge on any atom is 0.407 e. The van der Waals surface area contributed by atoms with Crippen LogP contribution in [0, 0.1) is 5.92 Å². The van der Waals surface area contributed by atoms with Crippen molar-refractivity contribution in [1.29, 1.82) is 0 Å². The summed E-state index contributed by atoms with van der Waals surface area (Å²) in [5.41, 5.74) is 33.1. The number of nitrogens with one attached hydrogen (secondary N) is 1. The molecule has 0 heterocycles. The van der Waals surface area contributed by atoms with Crippen LogP contribution in [0.5, 0.6) is 0 Å². The van der Waals surface area contributed by atoms with Crippen LogP contribution in [0.3, 0.4) is 0 Å². The number of nitrogens with two attached hydrogens (primary N) is 1. The van der Waals surface area contributed by atoms with Crippen LogP contribution in [0.4, 0.5) is 4.79 Å². The molecule has 8 aromatic rings. The third-order valence-electron chi connectivity index (χ3n) is 22.5. The fourth-order valence-electron chi connectivity index (χ4n) is 15.7. The van der Waals surface area contributed by atoms with E-state index in [1.807, 2.05) is 36.4 Å². The van der Waals surface area contributed by atoms with Gasteiger partial charge in [0.1, 0.15) is 6.61 Å². The van der Waals surface area contributed by atoms with Crippen molar-refractivity contribution in [2.24, 2.45) is 11.7 Å². The summed E-state index contributed by atoms with van der Waals surface area (Å²) in [6.45, 7) is 31.3. The first-order valence-electron chi connectivity index (χ1n) is 39.8. The lowest BCUT2D eigenvalue weighted by Crippen LogP contribution is -2.27. The molecule has 5 N–H and O–H groups in total. The quantitative estimate of drug-likeness (QED) is 0.107. The van der Waals surface area contributed by atoms with Crippen molar-refractivity contribution in [1.82, 2.24) is 5.32 Å². The Bertz CT molecular complexity index is 4120. The lowest BCUT2D eigenvalue weighted by Gasteiger charge is -2.22. The summed E-state index contributed by atoms with van der Waals surface area (Å²) in [5, 5.41) is 22.7. The molecule has 0 radical (unpaired) electrons. The van der Waals surface area contributed by atoms with Gasteiger partial charge in [-0.15, -0.1) is 0 Å². The van der Waals surface area contributed by atoms with Crippen LogP contribution in [0.15, 0.2) is 164 Å². The van der Waals surface area contributed by atoms with E-state index >= 15 is 0 Å². The molecule has 7 aliphatic carbocycles. The van der Waals surface area contributed by atoms with E-state index in [-0.39, 0.29) is 30.4 Å². The van der Waals surface area contributed by atoms with Crippen molar-refractivity contribution in [3.05, 3.63) is 281 Å². The number of carbonyl (C=O) groups excluding carboxylic acids is 3. The molecular weight excluding hydrogens is 1280 g/mol. The van der Waals surface area contributed by atoms with Crippen molar-refractivity contribution in [3.63, 3.8) is 0 Å². The lowest BCUT2D eigenvalue weighted by molar-refractivity contribution is 0.0964. The molecule has 0 saturated carbocycles. The highest BCUT2D eigenvalue weighted by Crippen LogP contribution is 2.40. The second-order valence-corrected chi connectivity index (χ2v) is 32.5. The number of hydrogen-bond acceptors (Lipinski definition) is 7. The topological polar surface area (TPSA) is 139 Å². The summed E-state index contributed by atoms with van der Waals surface area (Å²) < 4.78 is 5.33. The molecule has 8 heteroatoms. The van der Waals surface area contributed by atoms with Gasteiger partial charge < -0.3 is 26.0 Å². The zero-order valence-corrected chi connectivity index (χ0v) is 65.6. The molecule has 15 rings (SSSR count). The van der Waals surface area contributed by atoms with Gasteiger partial charge in [0, 0.05) is 30.0 Å². The molecule has 0 bridgehead atoms. The molecule has 8 nitrogen and oxygen atoms in total. The van der Waals surface area contributed by atoms with E-state index in [0.29, 0.717) is 53.7 Å². The van der Waals surface area contributed by atoms with Gasteiger partial charge in [0.15, 0.2) is 11.6 Å². The van der Waals surface area contributed by atoms with Crippen LogP contribution in [0.2, 0.25) is 0 Å². The van der Waals surface area contributed by atoms with E-state index in [2.05, 4.69) is 230 Å². The minimum absolute atomic E-state index is 0.0620. The van der Waals surface area contributed by atoms with Gasteiger partial charge in [0.05, 0.1) is 18.2 Å². The van der Waals surface area contributed by atoms with Crippen LogP contribution in [0.1, 0.15) is 360 Å². The number of ether oxygens (including phenoxy) is 1. The largest absolute Gasteiger partial charge is 0.445 e. The van der Waals surface area contributed by atoms with Gasteiger partial charge in [0.25, 0.3) is 0 Å². The summed E-state index contributed by atoms with van der Waals surface area (Å²) in [5.74, 6) is 5.57. The molecule has 554 valence electrons. The number of alkyl carbamates (subject to hydrolysis) is 1. The molecule has 7 aliphatic rings. The van der Waals surface area contributed by atoms with Gasteiger partial charge in [-0.2, -0.15) is 0 Å². The number of hydrogen-bond donors (Lipinski definition) is 4. The highest BCUT2D eigenvalue weighted by Gasteiger charge is 2.28. The molecular formula is C96H124N2O6. The van der Waals surface area contributed by atoms with Crippen LogP contribution in [-0.4, -0.2) is 27.9 Å². The molecule has 0 spiro atoms. The van der Waals surface area contributed by atoms with E-state index < -0.39 is 0 Å². The number of Topliss-reactive ketones (excluding diaryl/α,β-unsaturated/α-hetero) is 2. The Balaban J connectivity index is 0.000000142.